The summed E-state index contributed by atoms with van der Waals surface area (Å²) in [7, 11) is 0. The molecule has 166 valence electrons. The van der Waals surface area contributed by atoms with E-state index >= 15 is 0 Å². The zero-order chi connectivity index (χ0) is 23.6. The van der Waals surface area contributed by atoms with Gasteiger partial charge in [0.15, 0.2) is 0 Å². The molecule has 3 rings (SSSR count). The summed E-state index contributed by atoms with van der Waals surface area (Å²) >= 11 is 6.20. The van der Waals surface area contributed by atoms with Crippen LogP contribution in [0.25, 0.3) is 17.0 Å². The minimum absolute atomic E-state index is 0.115. The van der Waals surface area contributed by atoms with Crippen molar-refractivity contribution in [2.45, 2.75) is 47.8 Å². The van der Waals surface area contributed by atoms with E-state index in [1.807, 2.05) is 26.0 Å². The summed E-state index contributed by atoms with van der Waals surface area (Å²) in [6.07, 6.45) is 1.54. The van der Waals surface area contributed by atoms with Crippen LogP contribution in [-0.4, -0.2) is 10.5 Å². The second-order valence-corrected chi connectivity index (χ2v) is 8.67. The number of nitriles is 1. The first kappa shape index (κ1) is 23.4. The molecule has 0 aliphatic heterocycles. The molecule has 0 aliphatic carbocycles. The average molecular weight is 453 g/mol. The number of esters is 1. The minimum Gasteiger partial charge on any atom is -0.457 e. The Labute approximate surface area is 191 Å². The molecule has 0 N–H and O–H groups in total. The van der Waals surface area contributed by atoms with Crippen LogP contribution in [0.1, 0.15) is 41.9 Å². The van der Waals surface area contributed by atoms with Gasteiger partial charge in [0.1, 0.15) is 23.8 Å². The van der Waals surface area contributed by atoms with Gasteiger partial charge in [0.2, 0.25) is 0 Å². The molecule has 0 amide bonds. The van der Waals surface area contributed by atoms with Gasteiger partial charge in [-0.2, -0.15) is 5.26 Å². The van der Waals surface area contributed by atoms with Crippen LogP contribution in [0.3, 0.4) is 0 Å². The highest BCUT2D eigenvalue weighted by molar-refractivity contribution is 6.32. The third-order valence-corrected chi connectivity index (χ3v) is 5.68. The Morgan fingerprint density at radius 3 is 2.62 bits per heavy atom. The number of carbonyl (C=O) groups excluding carboxylic acids is 1. The lowest BCUT2D eigenvalue weighted by Crippen LogP contribution is -2.09. The van der Waals surface area contributed by atoms with Crippen LogP contribution in [0.4, 0.5) is 0 Å². The third-order valence-electron chi connectivity index (χ3n) is 5.27. The number of aryl methyl sites for hydroxylation is 2. The van der Waals surface area contributed by atoms with E-state index in [0.29, 0.717) is 27.5 Å². The molecule has 0 bridgehead atoms. The monoisotopic (exact) mass is 452 g/mol. The fourth-order valence-corrected chi connectivity index (χ4v) is 3.76. The summed E-state index contributed by atoms with van der Waals surface area (Å²) in [5.74, 6) is -0.298. The second-order valence-electron chi connectivity index (χ2n) is 8.27. The smallest absolute Gasteiger partial charge is 0.349 e. The van der Waals surface area contributed by atoms with Crippen LogP contribution in [0, 0.1) is 38.0 Å². The van der Waals surface area contributed by atoms with E-state index in [4.69, 9.17) is 20.8 Å². The van der Waals surface area contributed by atoms with E-state index in [-0.39, 0.29) is 12.2 Å². The molecule has 7 heteroatoms. The molecule has 0 fully saturated rings. The summed E-state index contributed by atoms with van der Waals surface area (Å²) in [5, 5.41) is 10.6. The number of carbonyl (C=O) groups is 1. The summed E-state index contributed by atoms with van der Waals surface area (Å²) in [6, 6.07) is 8.47. The number of ether oxygens (including phenoxy) is 1. The first-order valence-corrected chi connectivity index (χ1v) is 10.7. The molecule has 32 heavy (non-hydrogen) atoms. The van der Waals surface area contributed by atoms with Gasteiger partial charge in [0.05, 0.1) is 0 Å². The molecule has 0 atom stereocenters. The van der Waals surface area contributed by atoms with Gasteiger partial charge in [-0.25, -0.2) is 9.59 Å². The quantitative estimate of drug-likeness (QED) is 0.214. The lowest BCUT2D eigenvalue weighted by Gasteiger charge is -2.12. The standard InChI is InChI=1S/C25H25ClN2O4/c1-14(2)12-28-16(4)7-18(17(28)5)8-19(11-27)25(30)31-13-20-9-24(29)32-23-6-15(3)22(26)10-21(20)23/h6-10,14H,12-13H2,1-5H3/b19-8+. The van der Waals surface area contributed by atoms with Crippen molar-refractivity contribution in [2.24, 2.45) is 5.92 Å². The molecule has 1 aromatic carbocycles. The number of hydrogen-bond acceptors (Lipinski definition) is 5. The zero-order valence-electron chi connectivity index (χ0n) is 18.8. The van der Waals surface area contributed by atoms with Crippen LogP contribution in [0.5, 0.6) is 0 Å². The Balaban J connectivity index is 1.87. The number of nitrogens with zero attached hydrogens (tertiary/aromatic N) is 2. The highest BCUT2D eigenvalue weighted by Crippen LogP contribution is 2.26. The van der Waals surface area contributed by atoms with E-state index in [1.54, 1.807) is 25.1 Å². The molecule has 0 spiro atoms. The lowest BCUT2D eigenvalue weighted by molar-refractivity contribution is -0.139. The average Bonchev–Trinajstić information content (AvgIpc) is 2.98. The molecule has 6 nitrogen and oxygen atoms in total. The summed E-state index contributed by atoms with van der Waals surface area (Å²) in [4.78, 5) is 24.5. The van der Waals surface area contributed by atoms with Crippen molar-refractivity contribution < 1.29 is 13.9 Å². The van der Waals surface area contributed by atoms with Gasteiger partial charge in [-0.05, 0) is 62.1 Å². The molecule has 2 heterocycles. The normalized spacial score (nSPS) is 11.8. The van der Waals surface area contributed by atoms with Gasteiger partial charge < -0.3 is 13.7 Å². The number of hydrogen-bond donors (Lipinski definition) is 0. The Kier molecular flexibility index (Phi) is 6.90. The van der Waals surface area contributed by atoms with Crippen molar-refractivity contribution in [1.82, 2.24) is 4.57 Å². The molecule has 0 unspecified atom stereocenters. The Hall–Kier alpha value is -3.30. The van der Waals surface area contributed by atoms with E-state index in [9.17, 15) is 14.9 Å². The topological polar surface area (TPSA) is 85.2 Å². The maximum atomic E-state index is 12.6. The summed E-state index contributed by atoms with van der Waals surface area (Å²) in [6.45, 7) is 10.7. The number of rotatable bonds is 6. The number of halogens is 1. The predicted molar refractivity (Wildman–Crippen MR) is 124 cm³/mol. The number of fused-ring (bicyclic) bond motifs is 1. The van der Waals surface area contributed by atoms with Crippen LogP contribution < -0.4 is 5.63 Å². The number of benzene rings is 1. The Morgan fingerprint density at radius 2 is 1.97 bits per heavy atom. The van der Waals surface area contributed by atoms with Crippen molar-refractivity contribution in [3.63, 3.8) is 0 Å². The van der Waals surface area contributed by atoms with E-state index < -0.39 is 11.6 Å². The van der Waals surface area contributed by atoms with E-state index in [2.05, 4.69) is 18.4 Å². The first-order chi connectivity index (χ1) is 15.1. The van der Waals surface area contributed by atoms with Gasteiger partial charge in [-0.3, -0.25) is 0 Å². The Bertz CT molecular complexity index is 1320. The van der Waals surface area contributed by atoms with Crippen molar-refractivity contribution in [3.05, 3.63) is 73.4 Å². The minimum atomic E-state index is -0.763. The van der Waals surface area contributed by atoms with Crippen LogP contribution in [0.2, 0.25) is 5.02 Å². The zero-order valence-corrected chi connectivity index (χ0v) is 19.5. The van der Waals surface area contributed by atoms with Crippen molar-refractivity contribution in [2.75, 3.05) is 0 Å². The van der Waals surface area contributed by atoms with Crippen molar-refractivity contribution in [1.29, 1.82) is 5.26 Å². The molecular weight excluding hydrogens is 428 g/mol. The van der Waals surface area contributed by atoms with Gasteiger partial charge in [-0.15, -0.1) is 0 Å². The largest absolute Gasteiger partial charge is 0.457 e. The highest BCUT2D eigenvalue weighted by Gasteiger charge is 2.16. The van der Waals surface area contributed by atoms with Crippen molar-refractivity contribution >= 4 is 34.6 Å². The predicted octanol–water partition coefficient (Wildman–Crippen LogP) is 5.48. The second kappa shape index (κ2) is 9.46. The van der Waals surface area contributed by atoms with Crippen LogP contribution >= 0.6 is 11.6 Å². The molecule has 0 radical (unpaired) electrons. The van der Waals surface area contributed by atoms with Crippen LogP contribution in [0.15, 0.2) is 39.1 Å². The molecule has 0 saturated carbocycles. The number of aromatic nitrogens is 1. The SMILES string of the molecule is Cc1cc2oc(=O)cc(COC(=O)/C(C#N)=C/c3cc(C)n(CC(C)C)c3C)c2cc1Cl. The van der Waals surface area contributed by atoms with Gasteiger partial charge in [0.25, 0.3) is 0 Å². The molecule has 2 aromatic heterocycles. The Morgan fingerprint density at radius 1 is 1.25 bits per heavy atom. The van der Waals surface area contributed by atoms with E-state index in [0.717, 1.165) is 29.1 Å². The first-order valence-electron chi connectivity index (χ1n) is 10.3. The van der Waals surface area contributed by atoms with Crippen LogP contribution in [-0.2, 0) is 22.7 Å². The molecule has 0 aliphatic rings. The van der Waals surface area contributed by atoms with Crippen molar-refractivity contribution in [3.8, 4) is 6.07 Å². The summed E-state index contributed by atoms with van der Waals surface area (Å²) in [5.41, 5.74) is 3.75. The van der Waals surface area contributed by atoms with Gasteiger partial charge in [0, 0.05) is 40.0 Å². The van der Waals surface area contributed by atoms with Gasteiger partial charge >= 0.3 is 11.6 Å². The molecule has 3 aromatic rings. The fourth-order valence-electron chi connectivity index (χ4n) is 3.60. The lowest BCUT2D eigenvalue weighted by atomic mass is 10.1. The maximum absolute atomic E-state index is 12.6. The van der Waals surface area contributed by atoms with E-state index in [1.165, 1.54) is 6.07 Å². The fraction of sp³-hybridized carbons (Fsp3) is 0.320. The third kappa shape index (κ3) is 4.95. The molecule has 0 saturated heterocycles. The maximum Gasteiger partial charge on any atom is 0.349 e. The highest BCUT2D eigenvalue weighted by atomic mass is 35.5. The molecular formula is C25H25ClN2O4. The summed E-state index contributed by atoms with van der Waals surface area (Å²) < 4.78 is 12.8. The van der Waals surface area contributed by atoms with Gasteiger partial charge in [-0.1, -0.05) is 25.4 Å².